The summed E-state index contributed by atoms with van der Waals surface area (Å²) in [6.07, 6.45) is 14.4. The van der Waals surface area contributed by atoms with Crippen LogP contribution in [0.2, 0.25) is 0 Å². The molecule has 0 spiro atoms. The lowest BCUT2D eigenvalue weighted by atomic mass is 10.1. The summed E-state index contributed by atoms with van der Waals surface area (Å²) in [4.78, 5) is 11.2. The van der Waals surface area contributed by atoms with Crippen LogP contribution in [0.15, 0.2) is 41.4 Å². The second kappa shape index (κ2) is 12.5. The smallest absolute Gasteiger partial charge is 0.270 e. The molecule has 33 heavy (non-hydrogen) atoms. The third kappa shape index (κ3) is 7.12. The van der Waals surface area contributed by atoms with E-state index in [1.807, 2.05) is 0 Å². The summed E-state index contributed by atoms with van der Waals surface area (Å²) in [5.74, 6) is 0.976. The summed E-state index contributed by atoms with van der Waals surface area (Å²) in [5, 5.41) is 36.9. The van der Waals surface area contributed by atoms with E-state index in [1.54, 1.807) is 18.3 Å². The van der Waals surface area contributed by atoms with Gasteiger partial charge in [-0.05, 0) is 24.3 Å². The van der Waals surface area contributed by atoms with E-state index in [9.17, 15) is 20.3 Å². The third-order valence-corrected chi connectivity index (χ3v) is 6.89. The molecule has 0 saturated heterocycles. The molecule has 0 radical (unpaired) electrons. The molecule has 2 N–H and O–H groups in total. The quantitative estimate of drug-likeness (QED) is 0.0837. The normalized spacial score (nSPS) is 11.3. The average Bonchev–Trinajstić information content (AvgIpc) is 3.22. The lowest BCUT2D eigenvalue weighted by Gasteiger charge is -2.10. The minimum Gasteiger partial charge on any atom is -0.507 e. The number of hydrogen-bond donors (Lipinski definition) is 2. The number of aromatic hydroxyl groups is 2. The lowest BCUT2D eigenvalue weighted by Crippen LogP contribution is -1.95. The van der Waals surface area contributed by atoms with Gasteiger partial charge in [0.1, 0.15) is 17.2 Å². The molecular weight excluding hydrogens is 438 g/mol. The van der Waals surface area contributed by atoms with Gasteiger partial charge in [-0.3, -0.25) is 10.1 Å². The van der Waals surface area contributed by atoms with Crippen LogP contribution in [0.25, 0.3) is 16.6 Å². The molecule has 7 nitrogen and oxygen atoms in total. The molecule has 0 saturated carbocycles. The maximum atomic E-state index is 11.0. The van der Waals surface area contributed by atoms with Gasteiger partial charge in [0.2, 0.25) is 0 Å². The van der Waals surface area contributed by atoms with Crippen LogP contribution < -0.4 is 0 Å². The Morgan fingerprint density at radius 2 is 1.61 bits per heavy atom. The van der Waals surface area contributed by atoms with Gasteiger partial charge in [-0.2, -0.15) is 5.10 Å². The van der Waals surface area contributed by atoms with Gasteiger partial charge < -0.3 is 10.2 Å². The standard InChI is InChI=1S/C25H33N3O4S/c1-2-3-4-5-6-7-8-9-10-11-14-33-25-17-23(29)22(16-24(25)30)27-18-19-15-20(28(31)32)12-13-21(19)26-27/h12-13,15-18,29-30H,2-11,14H2,1H3. The average molecular weight is 472 g/mol. The highest BCUT2D eigenvalue weighted by molar-refractivity contribution is 7.99. The van der Waals surface area contributed by atoms with E-state index in [0.29, 0.717) is 21.5 Å². The number of nitro groups is 1. The number of phenols is 2. The van der Waals surface area contributed by atoms with Crippen molar-refractivity contribution in [3.63, 3.8) is 0 Å². The zero-order valence-electron chi connectivity index (χ0n) is 19.2. The number of non-ortho nitro benzene ring substituents is 1. The molecule has 178 valence electrons. The Balaban J connectivity index is 1.49. The first-order chi connectivity index (χ1) is 16.0. The first-order valence-corrected chi connectivity index (χ1v) is 12.8. The Kier molecular flexibility index (Phi) is 9.42. The minimum absolute atomic E-state index is 0.000629. The number of thioether (sulfide) groups is 1. The maximum Gasteiger partial charge on any atom is 0.270 e. The van der Waals surface area contributed by atoms with Crippen LogP contribution in [0.4, 0.5) is 5.69 Å². The highest BCUT2D eigenvalue weighted by Crippen LogP contribution is 2.37. The van der Waals surface area contributed by atoms with Crippen LogP contribution in [0.3, 0.4) is 0 Å². The molecular formula is C25H33N3O4S. The molecule has 8 heteroatoms. The van der Waals surface area contributed by atoms with Gasteiger partial charge in [0.15, 0.2) is 0 Å². The van der Waals surface area contributed by atoms with Crippen molar-refractivity contribution in [3.8, 4) is 17.2 Å². The fourth-order valence-electron chi connectivity index (χ4n) is 3.87. The Bertz CT molecular complexity index is 1070. The van der Waals surface area contributed by atoms with E-state index >= 15 is 0 Å². The van der Waals surface area contributed by atoms with Gasteiger partial charge in [-0.25, -0.2) is 4.68 Å². The van der Waals surface area contributed by atoms with Gasteiger partial charge >= 0.3 is 0 Å². The van der Waals surface area contributed by atoms with Crippen molar-refractivity contribution in [3.05, 3.63) is 46.6 Å². The van der Waals surface area contributed by atoms with Crippen LogP contribution >= 0.6 is 11.8 Å². The van der Waals surface area contributed by atoms with E-state index < -0.39 is 4.92 Å². The van der Waals surface area contributed by atoms with Crippen molar-refractivity contribution >= 4 is 28.4 Å². The highest BCUT2D eigenvalue weighted by atomic mass is 32.2. The molecule has 0 aliphatic heterocycles. The van der Waals surface area contributed by atoms with Crippen molar-refractivity contribution in [1.29, 1.82) is 0 Å². The van der Waals surface area contributed by atoms with E-state index in [2.05, 4.69) is 12.0 Å². The highest BCUT2D eigenvalue weighted by Gasteiger charge is 2.14. The molecule has 3 aromatic rings. The fourth-order valence-corrected chi connectivity index (χ4v) is 4.84. The molecule has 0 aliphatic rings. The first-order valence-electron chi connectivity index (χ1n) is 11.8. The van der Waals surface area contributed by atoms with Crippen molar-refractivity contribution in [2.75, 3.05) is 5.75 Å². The first kappa shape index (κ1) is 24.9. The number of rotatable bonds is 14. The van der Waals surface area contributed by atoms with E-state index in [0.717, 1.165) is 12.2 Å². The molecule has 0 amide bonds. The van der Waals surface area contributed by atoms with Gasteiger partial charge in [0, 0.05) is 29.8 Å². The van der Waals surface area contributed by atoms with Crippen LogP contribution in [0, 0.1) is 10.1 Å². The second-order valence-corrected chi connectivity index (χ2v) is 9.55. The Hall–Kier alpha value is -2.74. The van der Waals surface area contributed by atoms with Crippen molar-refractivity contribution in [1.82, 2.24) is 9.78 Å². The topological polar surface area (TPSA) is 101 Å². The van der Waals surface area contributed by atoms with Gasteiger partial charge in [0.25, 0.3) is 5.69 Å². The van der Waals surface area contributed by atoms with Crippen molar-refractivity contribution in [2.45, 2.75) is 76.0 Å². The second-order valence-electron chi connectivity index (χ2n) is 8.41. The minimum atomic E-state index is -0.458. The number of unbranched alkanes of at least 4 members (excludes halogenated alkanes) is 9. The number of nitro benzene ring substituents is 1. The zero-order chi connectivity index (χ0) is 23.6. The zero-order valence-corrected chi connectivity index (χ0v) is 20.0. The number of fused-ring (bicyclic) bond motifs is 1. The predicted molar refractivity (Wildman–Crippen MR) is 134 cm³/mol. The number of benzene rings is 2. The van der Waals surface area contributed by atoms with Crippen LogP contribution in [0.1, 0.15) is 71.1 Å². The summed E-state index contributed by atoms with van der Waals surface area (Å²) in [7, 11) is 0. The third-order valence-electron chi connectivity index (χ3n) is 5.76. The maximum absolute atomic E-state index is 11.0. The molecule has 2 aromatic carbocycles. The summed E-state index contributed by atoms with van der Waals surface area (Å²) < 4.78 is 1.43. The van der Waals surface area contributed by atoms with Crippen molar-refractivity contribution < 1.29 is 15.1 Å². The number of aromatic nitrogens is 2. The van der Waals surface area contributed by atoms with Crippen LogP contribution in [-0.2, 0) is 0 Å². The van der Waals surface area contributed by atoms with E-state index in [4.69, 9.17) is 0 Å². The van der Waals surface area contributed by atoms with Crippen LogP contribution in [-0.4, -0.2) is 30.7 Å². The number of hydrogen-bond acceptors (Lipinski definition) is 6. The molecule has 0 unspecified atom stereocenters. The Morgan fingerprint density at radius 1 is 0.939 bits per heavy atom. The lowest BCUT2D eigenvalue weighted by molar-refractivity contribution is -0.384. The van der Waals surface area contributed by atoms with Gasteiger partial charge in [-0.15, -0.1) is 11.8 Å². The number of phenolic OH excluding ortho intramolecular Hbond substituents is 2. The monoisotopic (exact) mass is 471 g/mol. The molecule has 0 fully saturated rings. The summed E-state index contributed by atoms with van der Waals surface area (Å²) >= 11 is 1.54. The van der Waals surface area contributed by atoms with Crippen molar-refractivity contribution in [2.24, 2.45) is 0 Å². The summed E-state index contributed by atoms with van der Waals surface area (Å²) in [5.41, 5.74) is 0.876. The largest absolute Gasteiger partial charge is 0.507 e. The molecule has 3 rings (SSSR count). The Labute approximate surface area is 199 Å². The SMILES string of the molecule is CCCCCCCCCCCCSc1cc(O)c(-n2cc3cc([N+](=O)[O-])ccc3n2)cc1O. The fraction of sp³-hybridized carbons (Fsp3) is 0.480. The number of nitrogens with zero attached hydrogens (tertiary/aromatic N) is 3. The van der Waals surface area contributed by atoms with Gasteiger partial charge in [-0.1, -0.05) is 64.7 Å². The summed E-state index contributed by atoms with van der Waals surface area (Å²) in [6.45, 7) is 2.24. The Morgan fingerprint density at radius 3 is 2.27 bits per heavy atom. The molecule has 1 aromatic heterocycles. The van der Waals surface area contributed by atoms with E-state index in [-0.39, 0.29) is 17.2 Å². The van der Waals surface area contributed by atoms with Crippen LogP contribution in [0.5, 0.6) is 11.5 Å². The molecule has 1 heterocycles. The molecule has 0 atom stereocenters. The van der Waals surface area contributed by atoms with E-state index in [1.165, 1.54) is 92.4 Å². The predicted octanol–water partition coefficient (Wildman–Crippen LogP) is 7.36. The molecule has 0 aliphatic carbocycles. The summed E-state index contributed by atoms with van der Waals surface area (Å²) in [6, 6.07) is 7.44. The van der Waals surface area contributed by atoms with Gasteiger partial charge in [0.05, 0.1) is 15.3 Å². The molecule has 0 bridgehead atoms.